The first-order valence-corrected chi connectivity index (χ1v) is 6.63. The predicted octanol–water partition coefficient (Wildman–Crippen LogP) is 1.19. The zero-order valence-electron chi connectivity index (χ0n) is 11.9. The van der Waals surface area contributed by atoms with Crippen molar-refractivity contribution in [2.45, 2.75) is 57.6 Å². The number of carbonyl (C=O) groups excluding carboxylic acids is 1. The Hall–Kier alpha value is -1.30. The summed E-state index contributed by atoms with van der Waals surface area (Å²) < 4.78 is 0. The third kappa shape index (κ3) is 5.46. The van der Waals surface area contributed by atoms with Crippen LogP contribution in [0, 0.1) is 0 Å². The van der Waals surface area contributed by atoms with Crippen LogP contribution in [-0.4, -0.2) is 51.3 Å². The number of urea groups is 1. The SMILES string of the molecule is CC1(O)CCCN(C(=O)NC(C)(C)CCC(=O)O)C1. The highest BCUT2D eigenvalue weighted by Crippen LogP contribution is 2.21. The Morgan fingerprint density at radius 2 is 2.05 bits per heavy atom. The molecule has 1 unspecified atom stereocenters. The fourth-order valence-electron chi connectivity index (χ4n) is 2.24. The van der Waals surface area contributed by atoms with Crippen LogP contribution >= 0.6 is 0 Å². The maximum absolute atomic E-state index is 12.1. The monoisotopic (exact) mass is 272 g/mol. The van der Waals surface area contributed by atoms with E-state index in [0.717, 1.165) is 6.42 Å². The molecule has 0 aromatic rings. The van der Waals surface area contributed by atoms with Gasteiger partial charge in [-0.15, -0.1) is 0 Å². The molecule has 1 saturated heterocycles. The largest absolute Gasteiger partial charge is 0.481 e. The van der Waals surface area contributed by atoms with Crippen LogP contribution in [-0.2, 0) is 4.79 Å². The fourth-order valence-corrected chi connectivity index (χ4v) is 2.24. The number of aliphatic hydroxyl groups is 1. The van der Waals surface area contributed by atoms with Crippen molar-refractivity contribution in [3.63, 3.8) is 0 Å². The van der Waals surface area contributed by atoms with E-state index in [4.69, 9.17) is 5.11 Å². The average Bonchev–Trinajstić information content (AvgIpc) is 2.24. The number of carboxylic acid groups (broad SMARTS) is 1. The Kier molecular flexibility index (Phi) is 4.79. The van der Waals surface area contributed by atoms with Crippen molar-refractivity contribution < 1.29 is 19.8 Å². The Morgan fingerprint density at radius 3 is 2.58 bits per heavy atom. The van der Waals surface area contributed by atoms with Crippen LogP contribution < -0.4 is 5.32 Å². The highest BCUT2D eigenvalue weighted by atomic mass is 16.4. The summed E-state index contributed by atoms with van der Waals surface area (Å²) in [5, 5.41) is 21.5. The first-order valence-electron chi connectivity index (χ1n) is 6.63. The second-order valence-electron chi connectivity index (χ2n) is 6.23. The number of carboxylic acids is 1. The minimum atomic E-state index is -0.872. The van der Waals surface area contributed by atoms with Crippen LogP contribution in [0.15, 0.2) is 0 Å². The number of nitrogens with zero attached hydrogens (tertiary/aromatic N) is 1. The second-order valence-corrected chi connectivity index (χ2v) is 6.23. The molecule has 6 heteroatoms. The van der Waals surface area contributed by atoms with E-state index in [1.54, 1.807) is 25.7 Å². The molecule has 0 bridgehead atoms. The van der Waals surface area contributed by atoms with E-state index < -0.39 is 17.1 Å². The molecule has 3 N–H and O–H groups in total. The van der Waals surface area contributed by atoms with E-state index >= 15 is 0 Å². The van der Waals surface area contributed by atoms with Crippen molar-refractivity contribution >= 4 is 12.0 Å². The number of aliphatic carboxylic acids is 1. The van der Waals surface area contributed by atoms with Gasteiger partial charge < -0.3 is 20.4 Å². The molecule has 110 valence electrons. The standard InChI is InChI=1S/C13H24N2O4/c1-12(2,7-5-10(16)17)14-11(18)15-8-4-6-13(3,19)9-15/h19H,4-9H2,1-3H3,(H,14,18)(H,16,17). The number of carbonyl (C=O) groups is 2. The van der Waals surface area contributed by atoms with Crippen LogP contribution in [0.2, 0.25) is 0 Å². The summed E-state index contributed by atoms with van der Waals surface area (Å²) in [5.41, 5.74) is -1.40. The molecule has 1 aliphatic heterocycles. The van der Waals surface area contributed by atoms with Gasteiger partial charge in [0.2, 0.25) is 0 Å². The quantitative estimate of drug-likeness (QED) is 0.717. The molecule has 1 heterocycles. The van der Waals surface area contributed by atoms with Gasteiger partial charge in [0.1, 0.15) is 0 Å². The summed E-state index contributed by atoms with van der Waals surface area (Å²) in [4.78, 5) is 24.3. The molecule has 1 atom stereocenters. The van der Waals surface area contributed by atoms with Crippen LogP contribution in [0.5, 0.6) is 0 Å². The summed E-state index contributed by atoms with van der Waals surface area (Å²) in [6.45, 7) is 6.26. The zero-order valence-corrected chi connectivity index (χ0v) is 11.9. The Balaban J connectivity index is 2.51. The van der Waals surface area contributed by atoms with Gasteiger partial charge in [0.05, 0.1) is 12.1 Å². The van der Waals surface area contributed by atoms with Crippen molar-refractivity contribution in [3.05, 3.63) is 0 Å². The second kappa shape index (κ2) is 5.77. The van der Waals surface area contributed by atoms with Gasteiger partial charge >= 0.3 is 12.0 Å². The van der Waals surface area contributed by atoms with Gasteiger partial charge in [-0.1, -0.05) is 0 Å². The van der Waals surface area contributed by atoms with E-state index in [9.17, 15) is 14.7 Å². The number of hydrogen-bond donors (Lipinski definition) is 3. The Labute approximate surface area is 113 Å². The van der Waals surface area contributed by atoms with E-state index in [2.05, 4.69) is 5.32 Å². The average molecular weight is 272 g/mol. The van der Waals surface area contributed by atoms with Crippen LogP contribution in [0.1, 0.15) is 46.5 Å². The van der Waals surface area contributed by atoms with Gasteiger partial charge in [-0.3, -0.25) is 4.79 Å². The number of amides is 2. The van der Waals surface area contributed by atoms with Crippen molar-refractivity contribution in [1.29, 1.82) is 0 Å². The molecular weight excluding hydrogens is 248 g/mol. The molecule has 2 amide bonds. The first kappa shape index (κ1) is 15.8. The molecule has 0 spiro atoms. The van der Waals surface area contributed by atoms with Gasteiger partial charge in [-0.2, -0.15) is 0 Å². The van der Waals surface area contributed by atoms with Crippen molar-refractivity contribution in [3.8, 4) is 0 Å². The predicted molar refractivity (Wildman–Crippen MR) is 70.9 cm³/mol. The van der Waals surface area contributed by atoms with Gasteiger partial charge in [0, 0.05) is 18.5 Å². The highest BCUT2D eigenvalue weighted by molar-refractivity contribution is 5.75. The molecular formula is C13H24N2O4. The molecule has 1 aliphatic rings. The number of β-amino-alcohol motifs (C(OH)–C–C–N with tert-alkyl or cyclic N) is 1. The lowest BCUT2D eigenvalue weighted by Crippen LogP contribution is -2.56. The van der Waals surface area contributed by atoms with E-state index in [1.165, 1.54) is 0 Å². The molecule has 19 heavy (non-hydrogen) atoms. The summed E-state index contributed by atoms with van der Waals surface area (Å²) >= 11 is 0. The summed E-state index contributed by atoms with van der Waals surface area (Å²) in [6, 6.07) is -0.240. The van der Waals surface area contributed by atoms with E-state index in [-0.39, 0.29) is 12.5 Å². The number of rotatable bonds is 4. The summed E-state index contributed by atoms with van der Waals surface area (Å²) in [7, 11) is 0. The van der Waals surface area contributed by atoms with Crippen LogP contribution in [0.4, 0.5) is 4.79 Å². The minimum absolute atomic E-state index is 0.0188. The molecule has 0 radical (unpaired) electrons. The number of hydrogen-bond acceptors (Lipinski definition) is 3. The van der Waals surface area contributed by atoms with Gasteiger partial charge in [-0.25, -0.2) is 4.79 Å². The smallest absolute Gasteiger partial charge is 0.317 e. The Morgan fingerprint density at radius 1 is 1.42 bits per heavy atom. The highest BCUT2D eigenvalue weighted by Gasteiger charge is 2.32. The van der Waals surface area contributed by atoms with Crippen molar-refractivity contribution in [2.24, 2.45) is 0 Å². The lowest BCUT2D eigenvalue weighted by molar-refractivity contribution is -0.137. The normalized spacial score (nSPS) is 24.1. The zero-order chi connectivity index (χ0) is 14.7. The topological polar surface area (TPSA) is 89.9 Å². The van der Waals surface area contributed by atoms with Gasteiger partial charge in [0.25, 0.3) is 0 Å². The Bertz CT molecular complexity index is 353. The lowest BCUT2D eigenvalue weighted by Gasteiger charge is -2.38. The number of nitrogens with one attached hydrogen (secondary N) is 1. The number of piperidine rings is 1. The van der Waals surface area contributed by atoms with Crippen LogP contribution in [0.25, 0.3) is 0 Å². The minimum Gasteiger partial charge on any atom is -0.481 e. The van der Waals surface area contributed by atoms with E-state index in [0.29, 0.717) is 25.9 Å². The van der Waals surface area contributed by atoms with Crippen molar-refractivity contribution in [2.75, 3.05) is 13.1 Å². The molecule has 0 aromatic heterocycles. The van der Waals surface area contributed by atoms with Crippen molar-refractivity contribution in [1.82, 2.24) is 10.2 Å². The molecule has 0 saturated carbocycles. The molecule has 1 fully saturated rings. The first-order chi connectivity index (χ1) is 8.61. The maximum Gasteiger partial charge on any atom is 0.317 e. The fraction of sp³-hybridized carbons (Fsp3) is 0.846. The van der Waals surface area contributed by atoms with E-state index in [1.807, 2.05) is 0 Å². The maximum atomic E-state index is 12.1. The molecule has 1 rings (SSSR count). The third-order valence-corrected chi connectivity index (χ3v) is 3.37. The molecule has 6 nitrogen and oxygen atoms in total. The van der Waals surface area contributed by atoms with Gasteiger partial charge in [-0.05, 0) is 40.0 Å². The summed E-state index contributed by atoms with van der Waals surface area (Å²) in [5.74, 6) is -0.872. The number of likely N-dealkylation sites (tertiary alicyclic amines) is 1. The third-order valence-electron chi connectivity index (χ3n) is 3.37. The molecule has 0 aromatic carbocycles. The lowest BCUT2D eigenvalue weighted by atomic mass is 9.95. The van der Waals surface area contributed by atoms with Gasteiger partial charge in [0.15, 0.2) is 0 Å². The van der Waals surface area contributed by atoms with Crippen LogP contribution in [0.3, 0.4) is 0 Å². The summed E-state index contributed by atoms with van der Waals surface area (Å²) in [6.07, 6.45) is 1.86. The molecule has 0 aliphatic carbocycles.